The summed E-state index contributed by atoms with van der Waals surface area (Å²) in [4.78, 5) is 0.204. The molecule has 22 heavy (non-hydrogen) atoms. The smallest absolute Gasteiger partial charge is 0.266 e. The molecule has 0 atom stereocenters. The summed E-state index contributed by atoms with van der Waals surface area (Å²) < 4.78 is 29.1. The second-order valence-electron chi connectivity index (χ2n) is 6.74. The molecule has 0 aliphatic rings. The highest BCUT2D eigenvalue weighted by atomic mass is 32.2. The Morgan fingerprint density at radius 1 is 1.32 bits per heavy atom. The molecule has 8 heteroatoms. The Hall–Kier alpha value is -1.83. The molecule has 0 aliphatic carbocycles. The Morgan fingerprint density at radius 3 is 2.45 bits per heavy atom. The van der Waals surface area contributed by atoms with Crippen molar-refractivity contribution >= 4 is 15.8 Å². The van der Waals surface area contributed by atoms with Crippen molar-refractivity contribution in [1.29, 1.82) is 0 Å². The third-order valence-corrected chi connectivity index (χ3v) is 4.91. The number of nitrogens with zero attached hydrogens (tertiary/aromatic N) is 3. The van der Waals surface area contributed by atoms with Gasteiger partial charge in [-0.05, 0) is 25.7 Å². The molecule has 2 rings (SSSR count). The van der Waals surface area contributed by atoms with E-state index in [1.807, 2.05) is 0 Å². The summed E-state index contributed by atoms with van der Waals surface area (Å²) in [6, 6.07) is 1.73. The van der Waals surface area contributed by atoms with Crippen LogP contribution >= 0.6 is 0 Å². The Labute approximate surface area is 131 Å². The van der Waals surface area contributed by atoms with Gasteiger partial charge in [-0.25, -0.2) is 8.42 Å². The monoisotopic (exact) mass is 325 g/mol. The molecule has 0 unspecified atom stereocenters. The van der Waals surface area contributed by atoms with E-state index in [2.05, 4.69) is 40.8 Å². The van der Waals surface area contributed by atoms with Gasteiger partial charge in [-0.15, -0.1) is 0 Å². The number of aromatic amines is 1. The minimum atomic E-state index is -3.70. The molecule has 7 nitrogen and oxygen atoms in total. The average molecular weight is 325 g/mol. The Balaban J connectivity index is 2.26. The SMILES string of the molecule is Cc1nn(C)c(C)c1S(=O)(=O)Nc1cc(CC(C)(C)C)[nH]n1. The number of sulfonamides is 1. The van der Waals surface area contributed by atoms with E-state index >= 15 is 0 Å². The lowest BCUT2D eigenvalue weighted by Crippen LogP contribution is -2.15. The summed E-state index contributed by atoms with van der Waals surface area (Å²) in [6.45, 7) is 9.74. The van der Waals surface area contributed by atoms with Crippen LogP contribution in [0.2, 0.25) is 0 Å². The quantitative estimate of drug-likeness (QED) is 0.901. The Bertz CT molecular complexity index is 781. The highest BCUT2D eigenvalue weighted by Crippen LogP contribution is 2.23. The molecule has 0 aromatic carbocycles. The van der Waals surface area contributed by atoms with Crippen LogP contribution in [0.15, 0.2) is 11.0 Å². The highest BCUT2D eigenvalue weighted by Gasteiger charge is 2.25. The van der Waals surface area contributed by atoms with E-state index in [1.165, 1.54) is 0 Å². The van der Waals surface area contributed by atoms with Gasteiger partial charge in [0.25, 0.3) is 10.0 Å². The van der Waals surface area contributed by atoms with Crippen LogP contribution in [0.3, 0.4) is 0 Å². The number of aryl methyl sites for hydroxylation is 2. The van der Waals surface area contributed by atoms with E-state index in [1.54, 1.807) is 31.6 Å². The van der Waals surface area contributed by atoms with E-state index in [0.717, 1.165) is 12.1 Å². The van der Waals surface area contributed by atoms with Crippen molar-refractivity contribution < 1.29 is 8.42 Å². The fourth-order valence-corrected chi connectivity index (χ4v) is 3.84. The fraction of sp³-hybridized carbons (Fsp3) is 0.571. The van der Waals surface area contributed by atoms with Crippen LogP contribution < -0.4 is 4.72 Å². The van der Waals surface area contributed by atoms with Crippen LogP contribution in [-0.2, 0) is 23.5 Å². The van der Waals surface area contributed by atoms with Gasteiger partial charge in [-0.2, -0.15) is 10.2 Å². The minimum absolute atomic E-state index is 0.0964. The molecule has 2 heterocycles. The van der Waals surface area contributed by atoms with E-state index in [9.17, 15) is 8.42 Å². The molecule has 0 saturated heterocycles. The predicted octanol–water partition coefficient (Wildman–Crippen LogP) is 2.15. The number of anilines is 1. The van der Waals surface area contributed by atoms with E-state index in [0.29, 0.717) is 17.2 Å². The van der Waals surface area contributed by atoms with Gasteiger partial charge >= 0.3 is 0 Å². The number of rotatable bonds is 4. The normalized spacial score (nSPS) is 12.6. The number of aromatic nitrogens is 4. The molecule has 122 valence electrons. The molecule has 0 fully saturated rings. The lowest BCUT2D eigenvalue weighted by Gasteiger charge is -2.15. The third kappa shape index (κ3) is 3.49. The predicted molar refractivity (Wildman–Crippen MR) is 85.2 cm³/mol. The summed E-state index contributed by atoms with van der Waals surface area (Å²) in [5, 5.41) is 11.0. The molecule has 0 aliphatic heterocycles. The van der Waals surface area contributed by atoms with Gasteiger partial charge in [0.2, 0.25) is 0 Å². The van der Waals surface area contributed by atoms with Crippen molar-refractivity contribution in [3.05, 3.63) is 23.1 Å². The van der Waals surface area contributed by atoms with Gasteiger partial charge in [0.15, 0.2) is 5.82 Å². The summed E-state index contributed by atoms with van der Waals surface area (Å²) in [5.41, 5.74) is 2.05. The van der Waals surface area contributed by atoms with Crippen molar-refractivity contribution in [2.75, 3.05) is 4.72 Å². The molecular formula is C14H23N5O2S. The second-order valence-corrected chi connectivity index (χ2v) is 8.36. The van der Waals surface area contributed by atoms with E-state index in [4.69, 9.17) is 0 Å². The zero-order valence-electron chi connectivity index (χ0n) is 13.9. The number of hydrogen-bond donors (Lipinski definition) is 2. The first-order chi connectivity index (χ1) is 9.99. The number of hydrogen-bond acceptors (Lipinski definition) is 4. The first-order valence-corrected chi connectivity index (χ1v) is 8.55. The molecule has 2 aromatic rings. The van der Waals surface area contributed by atoms with Crippen LogP contribution in [0, 0.1) is 19.3 Å². The zero-order valence-corrected chi connectivity index (χ0v) is 14.7. The van der Waals surface area contributed by atoms with Crippen LogP contribution in [0.1, 0.15) is 37.9 Å². The molecule has 2 aromatic heterocycles. The molecule has 0 radical (unpaired) electrons. The zero-order chi connectivity index (χ0) is 16.7. The average Bonchev–Trinajstić information content (AvgIpc) is 2.82. The van der Waals surface area contributed by atoms with Gasteiger partial charge in [0, 0.05) is 18.8 Å². The van der Waals surface area contributed by atoms with Crippen molar-refractivity contribution in [1.82, 2.24) is 20.0 Å². The molecule has 2 N–H and O–H groups in total. The summed E-state index contributed by atoms with van der Waals surface area (Å²) in [6.07, 6.45) is 0.784. The number of nitrogens with one attached hydrogen (secondary N) is 2. The number of H-pyrrole nitrogens is 1. The van der Waals surface area contributed by atoms with Gasteiger partial charge in [-0.1, -0.05) is 20.8 Å². The van der Waals surface area contributed by atoms with E-state index in [-0.39, 0.29) is 10.3 Å². The van der Waals surface area contributed by atoms with Crippen LogP contribution in [0.4, 0.5) is 5.82 Å². The van der Waals surface area contributed by atoms with Crippen LogP contribution in [-0.4, -0.2) is 28.4 Å². The first-order valence-electron chi connectivity index (χ1n) is 7.07. The van der Waals surface area contributed by atoms with Crippen molar-refractivity contribution in [3.63, 3.8) is 0 Å². The van der Waals surface area contributed by atoms with Crippen LogP contribution in [0.25, 0.3) is 0 Å². The van der Waals surface area contributed by atoms with Crippen LogP contribution in [0.5, 0.6) is 0 Å². The molecule has 0 amide bonds. The first kappa shape index (κ1) is 16.5. The standard InChI is InChI=1S/C14H23N5O2S/c1-9-13(10(2)19(6)17-9)22(20,21)18-12-7-11(15-16-12)8-14(3,4)5/h7H,8H2,1-6H3,(H2,15,16,18). The second kappa shape index (κ2) is 5.42. The van der Waals surface area contributed by atoms with Gasteiger partial charge < -0.3 is 0 Å². The maximum atomic E-state index is 12.5. The molecule has 0 spiro atoms. The maximum absolute atomic E-state index is 12.5. The van der Waals surface area contributed by atoms with Gasteiger partial charge in [-0.3, -0.25) is 14.5 Å². The summed E-state index contributed by atoms with van der Waals surface area (Å²) in [7, 11) is -1.98. The Morgan fingerprint density at radius 2 is 1.95 bits per heavy atom. The van der Waals surface area contributed by atoms with E-state index < -0.39 is 10.0 Å². The largest absolute Gasteiger partial charge is 0.280 e. The van der Waals surface area contributed by atoms with Crippen molar-refractivity contribution in [3.8, 4) is 0 Å². The molecular weight excluding hydrogens is 302 g/mol. The Kier molecular flexibility index (Phi) is 4.08. The maximum Gasteiger partial charge on any atom is 0.266 e. The molecule has 0 saturated carbocycles. The highest BCUT2D eigenvalue weighted by molar-refractivity contribution is 7.92. The lowest BCUT2D eigenvalue weighted by atomic mass is 9.91. The summed E-state index contributed by atoms with van der Waals surface area (Å²) in [5.74, 6) is 0.293. The minimum Gasteiger partial charge on any atom is -0.280 e. The van der Waals surface area contributed by atoms with Crippen molar-refractivity contribution in [2.45, 2.75) is 45.9 Å². The van der Waals surface area contributed by atoms with Crippen molar-refractivity contribution in [2.24, 2.45) is 12.5 Å². The lowest BCUT2D eigenvalue weighted by molar-refractivity contribution is 0.406. The van der Waals surface area contributed by atoms with Gasteiger partial charge in [0.05, 0.1) is 11.4 Å². The fourth-order valence-electron chi connectivity index (χ4n) is 2.41. The van der Waals surface area contributed by atoms with Gasteiger partial charge in [0.1, 0.15) is 4.90 Å². The topological polar surface area (TPSA) is 92.7 Å². The summed E-state index contributed by atoms with van der Waals surface area (Å²) >= 11 is 0. The molecule has 0 bridgehead atoms. The third-order valence-electron chi connectivity index (χ3n) is 3.30.